The zero-order valence-electron chi connectivity index (χ0n) is 7.83. The molecule has 5 heteroatoms. The van der Waals surface area contributed by atoms with E-state index in [2.05, 4.69) is 4.72 Å². The predicted octanol–water partition coefficient (Wildman–Crippen LogP) is 1.51. The second-order valence-corrected chi connectivity index (χ2v) is 4.97. The van der Waals surface area contributed by atoms with Gasteiger partial charge in [-0.15, -0.1) is 11.6 Å². The molecule has 14 heavy (non-hydrogen) atoms. The van der Waals surface area contributed by atoms with Gasteiger partial charge in [0.1, 0.15) is 0 Å². The van der Waals surface area contributed by atoms with Crippen LogP contribution >= 0.6 is 11.6 Å². The quantitative estimate of drug-likeness (QED) is 0.802. The first-order valence-corrected chi connectivity index (χ1v) is 6.21. The van der Waals surface area contributed by atoms with E-state index in [4.69, 9.17) is 11.6 Å². The van der Waals surface area contributed by atoms with Gasteiger partial charge in [-0.3, -0.25) is 0 Å². The third-order valence-corrected chi connectivity index (χ3v) is 3.58. The van der Waals surface area contributed by atoms with Crippen molar-refractivity contribution in [2.24, 2.45) is 0 Å². The second kappa shape index (κ2) is 4.77. The van der Waals surface area contributed by atoms with Crippen molar-refractivity contribution in [2.75, 3.05) is 12.4 Å². The highest BCUT2D eigenvalue weighted by Gasteiger charge is 2.14. The monoisotopic (exact) mass is 233 g/mol. The molecule has 0 amide bonds. The van der Waals surface area contributed by atoms with Crippen LogP contribution in [0.15, 0.2) is 29.2 Å². The third kappa shape index (κ3) is 2.70. The Morgan fingerprint density at radius 3 is 2.57 bits per heavy atom. The number of alkyl halides is 1. The van der Waals surface area contributed by atoms with Crippen LogP contribution in [0.3, 0.4) is 0 Å². The van der Waals surface area contributed by atoms with Crippen molar-refractivity contribution in [3.8, 4) is 0 Å². The molecule has 78 valence electrons. The van der Waals surface area contributed by atoms with Gasteiger partial charge in [-0.2, -0.15) is 0 Å². The highest BCUT2D eigenvalue weighted by atomic mass is 35.5. The standard InChI is InChI=1S/C9H12ClNO2S/c1-8-4-2-3-5-9(8)14(12,13)11-7-6-10/h2-5,11H,6-7H2,1H3. The van der Waals surface area contributed by atoms with Crippen molar-refractivity contribution in [3.05, 3.63) is 29.8 Å². The first-order valence-electron chi connectivity index (χ1n) is 4.19. The van der Waals surface area contributed by atoms with Crippen LogP contribution < -0.4 is 4.72 Å². The van der Waals surface area contributed by atoms with Gasteiger partial charge in [-0.25, -0.2) is 13.1 Å². The summed E-state index contributed by atoms with van der Waals surface area (Å²) in [5, 5.41) is 0. The normalized spacial score (nSPS) is 11.6. The number of benzene rings is 1. The largest absolute Gasteiger partial charge is 0.240 e. The molecule has 0 unspecified atom stereocenters. The second-order valence-electron chi connectivity index (χ2n) is 2.85. The van der Waals surface area contributed by atoms with Crippen molar-refractivity contribution in [1.82, 2.24) is 4.72 Å². The van der Waals surface area contributed by atoms with Crippen LogP contribution in [-0.4, -0.2) is 20.8 Å². The van der Waals surface area contributed by atoms with E-state index < -0.39 is 10.0 Å². The van der Waals surface area contributed by atoms with Crippen LogP contribution in [0.2, 0.25) is 0 Å². The molecule has 0 aliphatic heterocycles. The molecule has 0 aliphatic carbocycles. The fourth-order valence-electron chi connectivity index (χ4n) is 1.11. The molecule has 1 aromatic carbocycles. The Labute approximate surface area is 89.1 Å². The predicted molar refractivity (Wildman–Crippen MR) is 57.1 cm³/mol. The maximum atomic E-state index is 11.6. The average molecular weight is 234 g/mol. The minimum Gasteiger partial charge on any atom is -0.210 e. The number of nitrogens with one attached hydrogen (secondary N) is 1. The van der Waals surface area contributed by atoms with E-state index in [1.165, 1.54) is 0 Å². The van der Waals surface area contributed by atoms with Crippen molar-refractivity contribution in [2.45, 2.75) is 11.8 Å². The van der Waals surface area contributed by atoms with E-state index >= 15 is 0 Å². The summed E-state index contributed by atoms with van der Waals surface area (Å²) >= 11 is 5.41. The van der Waals surface area contributed by atoms with Crippen LogP contribution in [-0.2, 0) is 10.0 Å². The number of hydrogen-bond donors (Lipinski definition) is 1. The van der Waals surface area contributed by atoms with Gasteiger partial charge in [0.25, 0.3) is 0 Å². The Morgan fingerprint density at radius 1 is 1.36 bits per heavy atom. The first-order chi connectivity index (χ1) is 6.58. The maximum absolute atomic E-state index is 11.6. The summed E-state index contributed by atoms with van der Waals surface area (Å²) in [5.41, 5.74) is 0.731. The zero-order valence-corrected chi connectivity index (χ0v) is 9.40. The molecule has 0 saturated heterocycles. The lowest BCUT2D eigenvalue weighted by Gasteiger charge is -2.07. The molecule has 0 heterocycles. The maximum Gasteiger partial charge on any atom is 0.240 e. The van der Waals surface area contributed by atoms with Crippen LogP contribution in [0.1, 0.15) is 5.56 Å². The molecule has 3 nitrogen and oxygen atoms in total. The van der Waals surface area contributed by atoms with Crippen molar-refractivity contribution in [3.63, 3.8) is 0 Å². The molecule has 1 rings (SSSR count). The lowest BCUT2D eigenvalue weighted by atomic mass is 10.2. The van der Waals surface area contributed by atoms with Crippen molar-refractivity contribution >= 4 is 21.6 Å². The topological polar surface area (TPSA) is 46.2 Å². The molecule has 1 aromatic rings. The van der Waals surface area contributed by atoms with E-state index in [1.54, 1.807) is 31.2 Å². The lowest BCUT2D eigenvalue weighted by molar-refractivity contribution is 0.583. The molecule has 1 N–H and O–H groups in total. The fraction of sp³-hybridized carbons (Fsp3) is 0.333. The highest BCUT2D eigenvalue weighted by molar-refractivity contribution is 7.89. The Morgan fingerprint density at radius 2 is 2.00 bits per heavy atom. The number of aryl methyl sites for hydroxylation is 1. The van der Waals surface area contributed by atoms with Gasteiger partial charge in [0, 0.05) is 12.4 Å². The van der Waals surface area contributed by atoms with Crippen LogP contribution in [0.25, 0.3) is 0 Å². The van der Waals surface area contributed by atoms with Crippen molar-refractivity contribution < 1.29 is 8.42 Å². The summed E-state index contributed by atoms with van der Waals surface area (Å²) in [6.45, 7) is 2.01. The number of halogens is 1. The Kier molecular flexibility index (Phi) is 3.92. The van der Waals surface area contributed by atoms with E-state index in [-0.39, 0.29) is 12.4 Å². The summed E-state index contributed by atoms with van der Waals surface area (Å²) < 4.78 is 25.7. The summed E-state index contributed by atoms with van der Waals surface area (Å²) in [5.74, 6) is 0.269. The zero-order chi connectivity index (χ0) is 10.6. The van der Waals surface area contributed by atoms with Gasteiger partial charge in [-0.1, -0.05) is 18.2 Å². The number of hydrogen-bond acceptors (Lipinski definition) is 2. The minimum absolute atomic E-state index is 0.248. The summed E-state index contributed by atoms with van der Waals surface area (Å²) in [6.07, 6.45) is 0. The highest BCUT2D eigenvalue weighted by Crippen LogP contribution is 2.13. The minimum atomic E-state index is -3.39. The summed E-state index contributed by atoms with van der Waals surface area (Å²) in [7, 11) is -3.39. The molecule has 0 atom stereocenters. The molecule has 0 bridgehead atoms. The SMILES string of the molecule is Cc1ccccc1S(=O)(=O)NCCCl. The van der Waals surface area contributed by atoms with Gasteiger partial charge >= 0.3 is 0 Å². The van der Waals surface area contributed by atoms with Gasteiger partial charge in [-0.05, 0) is 18.6 Å². The molecule has 0 aliphatic rings. The molecule has 0 saturated carbocycles. The summed E-state index contributed by atoms with van der Waals surface area (Å²) in [4.78, 5) is 0.310. The molecule has 0 aromatic heterocycles. The molecular weight excluding hydrogens is 222 g/mol. The van der Waals surface area contributed by atoms with Crippen LogP contribution in [0, 0.1) is 6.92 Å². The van der Waals surface area contributed by atoms with E-state index in [0.717, 1.165) is 5.56 Å². The Balaban J connectivity index is 2.99. The molecule has 0 spiro atoms. The fourth-order valence-corrected chi connectivity index (χ4v) is 2.59. The van der Waals surface area contributed by atoms with Crippen LogP contribution in [0.4, 0.5) is 0 Å². The molecular formula is C9H12ClNO2S. The van der Waals surface area contributed by atoms with Gasteiger partial charge < -0.3 is 0 Å². The smallest absolute Gasteiger partial charge is 0.210 e. The first kappa shape index (κ1) is 11.5. The van der Waals surface area contributed by atoms with Gasteiger partial charge in [0.15, 0.2) is 0 Å². The van der Waals surface area contributed by atoms with Crippen LogP contribution in [0.5, 0.6) is 0 Å². The van der Waals surface area contributed by atoms with Gasteiger partial charge in [0.2, 0.25) is 10.0 Å². The van der Waals surface area contributed by atoms with E-state index in [9.17, 15) is 8.42 Å². The van der Waals surface area contributed by atoms with Gasteiger partial charge in [0.05, 0.1) is 4.90 Å². The van der Waals surface area contributed by atoms with E-state index in [1.807, 2.05) is 0 Å². The number of sulfonamides is 1. The lowest BCUT2D eigenvalue weighted by Crippen LogP contribution is -2.26. The third-order valence-electron chi connectivity index (χ3n) is 1.77. The summed E-state index contributed by atoms with van der Waals surface area (Å²) in [6, 6.07) is 6.83. The average Bonchev–Trinajstić information content (AvgIpc) is 2.15. The van der Waals surface area contributed by atoms with E-state index in [0.29, 0.717) is 4.90 Å². The number of rotatable bonds is 4. The van der Waals surface area contributed by atoms with Crippen molar-refractivity contribution in [1.29, 1.82) is 0 Å². The Bertz CT molecular complexity index is 403. The molecule has 0 fully saturated rings. The molecule has 0 radical (unpaired) electrons. The Hall–Kier alpha value is -0.580.